The molecule has 3 rings (SSSR count). The number of benzene rings is 1. The maximum absolute atomic E-state index is 12.4. The molecule has 0 aliphatic heterocycles. The van der Waals surface area contributed by atoms with E-state index >= 15 is 0 Å². The standard InChI is InChI=1S/C18H16N2O3S/c1-3-23-17(22)16-12(2)24-18(19-16)20-10-9-14(11-15(20)21)13-7-5-4-6-8-13/h4-11H,3H2,1-2H3. The lowest BCUT2D eigenvalue weighted by Gasteiger charge is -2.04. The van der Waals surface area contributed by atoms with E-state index in [1.807, 2.05) is 36.4 Å². The number of hydrogen-bond donors (Lipinski definition) is 0. The van der Waals surface area contributed by atoms with Gasteiger partial charge >= 0.3 is 5.97 Å². The zero-order valence-electron chi connectivity index (χ0n) is 13.4. The molecule has 0 fully saturated rings. The van der Waals surface area contributed by atoms with Gasteiger partial charge in [-0.2, -0.15) is 0 Å². The first-order chi connectivity index (χ1) is 11.6. The third-order valence-electron chi connectivity index (χ3n) is 3.49. The van der Waals surface area contributed by atoms with Crippen molar-refractivity contribution in [3.63, 3.8) is 0 Å². The fourth-order valence-electron chi connectivity index (χ4n) is 2.32. The van der Waals surface area contributed by atoms with Crippen molar-refractivity contribution in [2.24, 2.45) is 0 Å². The maximum Gasteiger partial charge on any atom is 0.358 e. The molecule has 122 valence electrons. The lowest BCUT2D eigenvalue weighted by atomic mass is 10.1. The molecule has 0 radical (unpaired) electrons. The molecular weight excluding hydrogens is 324 g/mol. The second-order valence-electron chi connectivity index (χ2n) is 5.11. The van der Waals surface area contributed by atoms with E-state index in [0.717, 1.165) is 16.0 Å². The van der Waals surface area contributed by atoms with Crippen molar-refractivity contribution in [1.29, 1.82) is 0 Å². The first-order valence-corrected chi connectivity index (χ1v) is 8.35. The summed E-state index contributed by atoms with van der Waals surface area (Å²) in [7, 11) is 0. The van der Waals surface area contributed by atoms with Crippen molar-refractivity contribution in [2.75, 3.05) is 6.61 Å². The first-order valence-electron chi connectivity index (χ1n) is 7.53. The summed E-state index contributed by atoms with van der Waals surface area (Å²) in [4.78, 5) is 29.3. The number of aromatic nitrogens is 2. The molecule has 0 aliphatic carbocycles. The van der Waals surface area contributed by atoms with Gasteiger partial charge in [-0.25, -0.2) is 9.78 Å². The number of rotatable bonds is 4. The van der Waals surface area contributed by atoms with E-state index in [1.54, 1.807) is 26.1 Å². The number of hydrogen-bond acceptors (Lipinski definition) is 5. The Hall–Kier alpha value is -2.73. The van der Waals surface area contributed by atoms with Gasteiger partial charge < -0.3 is 4.74 Å². The fraction of sp³-hybridized carbons (Fsp3) is 0.167. The molecular formula is C18H16N2O3S. The van der Waals surface area contributed by atoms with E-state index in [-0.39, 0.29) is 17.9 Å². The Labute approximate surface area is 143 Å². The van der Waals surface area contributed by atoms with Crippen LogP contribution in [-0.2, 0) is 4.74 Å². The molecule has 0 saturated carbocycles. The second-order valence-corrected chi connectivity index (χ2v) is 6.29. The van der Waals surface area contributed by atoms with E-state index < -0.39 is 5.97 Å². The highest BCUT2D eigenvalue weighted by atomic mass is 32.1. The Bertz CT molecular complexity index is 929. The van der Waals surface area contributed by atoms with E-state index in [9.17, 15) is 9.59 Å². The van der Waals surface area contributed by atoms with Crippen LogP contribution < -0.4 is 5.56 Å². The van der Waals surface area contributed by atoms with E-state index in [1.165, 1.54) is 15.9 Å². The molecule has 24 heavy (non-hydrogen) atoms. The summed E-state index contributed by atoms with van der Waals surface area (Å²) in [6, 6.07) is 13.1. The lowest BCUT2D eigenvalue weighted by molar-refractivity contribution is 0.0519. The van der Waals surface area contributed by atoms with Crippen molar-refractivity contribution < 1.29 is 9.53 Å². The molecule has 3 aromatic rings. The maximum atomic E-state index is 12.4. The van der Waals surface area contributed by atoms with E-state index in [2.05, 4.69) is 4.98 Å². The first kappa shape index (κ1) is 16.1. The van der Waals surface area contributed by atoms with Gasteiger partial charge in [0.05, 0.1) is 6.61 Å². The van der Waals surface area contributed by atoms with Gasteiger partial charge in [0.15, 0.2) is 10.8 Å². The molecule has 0 amide bonds. The lowest BCUT2D eigenvalue weighted by Crippen LogP contribution is -2.16. The predicted octanol–water partition coefficient (Wildman–Crippen LogP) is 3.45. The summed E-state index contributed by atoms with van der Waals surface area (Å²) < 4.78 is 6.42. The van der Waals surface area contributed by atoms with Gasteiger partial charge in [0.1, 0.15) is 0 Å². The largest absolute Gasteiger partial charge is 0.461 e. The van der Waals surface area contributed by atoms with E-state index in [0.29, 0.717) is 5.13 Å². The van der Waals surface area contributed by atoms with Crippen LogP contribution in [0.25, 0.3) is 16.3 Å². The van der Waals surface area contributed by atoms with Gasteiger partial charge in [-0.05, 0) is 31.0 Å². The van der Waals surface area contributed by atoms with Crippen LogP contribution in [0.1, 0.15) is 22.3 Å². The molecule has 1 aromatic carbocycles. The Balaban J connectivity index is 1.98. The van der Waals surface area contributed by atoms with Crippen LogP contribution in [0.15, 0.2) is 53.5 Å². The molecule has 0 atom stereocenters. The fourth-order valence-corrected chi connectivity index (χ4v) is 3.21. The third kappa shape index (κ3) is 3.14. The van der Waals surface area contributed by atoms with Gasteiger partial charge in [-0.1, -0.05) is 30.3 Å². The van der Waals surface area contributed by atoms with Crippen LogP contribution in [0.5, 0.6) is 0 Å². The minimum Gasteiger partial charge on any atom is -0.461 e. The minimum absolute atomic E-state index is 0.194. The highest BCUT2D eigenvalue weighted by Gasteiger charge is 2.17. The van der Waals surface area contributed by atoms with Gasteiger partial charge in [-0.3, -0.25) is 9.36 Å². The Morgan fingerprint density at radius 2 is 1.96 bits per heavy atom. The van der Waals surface area contributed by atoms with Crippen molar-refractivity contribution >= 4 is 17.3 Å². The molecule has 0 saturated heterocycles. The summed E-state index contributed by atoms with van der Waals surface area (Å²) in [6.45, 7) is 3.82. The summed E-state index contributed by atoms with van der Waals surface area (Å²) in [5, 5.41) is 0.458. The average molecular weight is 340 g/mol. The molecule has 2 heterocycles. The van der Waals surface area contributed by atoms with Crippen LogP contribution in [0.2, 0.25) is 0 Å². The predicted molar refractivity (Wildman–Crippen MR) is 93.8 cm³/mol. The Kier molecular flexibility index (Phi) is 4.57. The number of carbonyl (C=O) groups is 1. The second kappa shape index (κ2) is 6.80. The monoisotopic (exact) mass is 340 g/mol. The third-order valence-corrected chi connectivity index (χ3v) is 4.46. The number of aryl methyl sites for hydroxylation is 1. The SMILES string of the molecule is CCOC(=O)c1nc(-n2ccc(-c3ccccc3)cc2=O)sc1C. The molecule has 0 N–H and O–H groups in total. The molecule has 6 heteroatoms. The number of thiazole rings is 1. The normalized spacial score (nSPS) is 10.6. The highest BCUT2D eigenvalue weighted by Crippen LogP contribution is 2.22. The van der Waals surface area contributed by atoms with Crippen molar-refractivity contribution in [2.45, 2.75) is 13.8 Å². The molecule has 0 unspecified atom stereocenters. The molecule has 0 bridgehead atoms. The Morgan fingerprint density at radius 1 is 1.21 bits per heavy atom. The van der Waals surface area contributed by atoms with Gasteiger partial charge in [0.2, 0.25) is 0 Å². The number of ether oxygens (including phenoxy) is 1. The molecule has 0 aliphatic rings. The smallest absolute Gasteiger partial charge is 0.358 e. The van der Waals surface area contributed by atoms with Crippen molar-refractivity contribution in [3.05, 3.63) is 69.6 Å². The van der Waals surface area contributed by atoms with Gasteiger partial charge in [0, 0.05) is 17.1 Å². The topological polar surface area (TPSA) is 61.2 Å². The number of carbonyl (C=O) groups excluding carboxylic acids is 1. The molecule has 5 nitrogen and oxygen atoms in total. The summed E-state index contributed by atoms with van der Waals surface area (Å²) >= 11 is 1.29. The number of nitrogens with zero attached hydrogens (tertiary/aromatic N) is 2. The Morgan fingerprint density at radius 3 is 2.62 bits per heavy atom. The highest BCUT2D eigenvalue weighted by molar-refractivity contribution is 7.14. The molecule has 0 spiro atoms. The number of esters is 1. The minimum atomic E-state index is -0.466. The van der Waals surface area contributed by atoms with Crippen molar-refractivity contribution in [3.8, 4) is 16.3 Å². The number of pyridine rings is 1. The van der Waals surface area contributed by atoms with Crippen LogP contribution in [0, 0.1) is 6.92 Å². The zero-order chi connectivity index (χ0) is 17.1. The van der Waals surface area contributed by atoms with Crippen LogP contribution in [-0.4, -0.2) is 22.1 Å². The molecule has 2 aromatic heterocycles. The van der Waals surface area contributed by atoms with Gasteiger partial charge in [0.25, 0.3) is 5.56 Å². The van der Waals surface area contributed by atoms with E-state index in [4.69, 9.17) is 4.74 Å². The van der Waals surface area contributed by atoms with Gasteiger partial charge in [-0.15, -0.1) is 11.3 Å². The van der Waals surface area contributed by atoms with Crippen molar-refractivity contribution in [1.82, 2.24) is 9.55 Å². The quantitative estimate of drug-likeness (QED) is 0.683. The zero-order valence-corrected chi connectivity index (χ0v) is 14.2. The summed E-state index contributed by atoms with van der Waals surface area (Å²) in [5.74, 6) is -0.466. The van der Waals surface area contributed by atoms with Crippen LogP contribution in [0.4, 0.5) is 0 Å². The van der Waals surface area contributed by atoms with Crippen LogP contribution >= 0.6 is 11.3 Å². The summed E-state index contributed by atoms with van der Waals surface area (Å²) in [6.07, 6.45) is 1.68. The average Bonchev–Trinajstić information content (AvgIpc) is 2.97. The van der Waals surface area contributed by atoms with Crippen LogP contribution in [0.3, 0.4) is 0 Å². The summed E-state index contributed by atoms with van der Waals surface area (Å²) in [5.41, 5.74) is 1.89.